The van der Waals surface area contributed by atoms with E-state index in [9.17, 15) is 23.1 Å². The highest BCUT2D eigenvalue weighted by Gasteiger charge is 2.32. The van der Waals surface area contributed by atoms with Gasteiger partial charge in [-0.25, -0.2) is 0 Å². The van der Waals surface area contributed by atoms with Crippen molar-refractivity contribution in [2.75, 3.05) is 0 Å². The molecule has 0 aliphatic heterocycles. The van der Waals surface area contributed by atoms with Gasteiger partial charge in [-0.15, -0.1) is 0 Å². The smallest absolute Gasteiger partial charge is 0.416 e. The number of rotatable bonds is 2. The lowest BCUT2D eigenvalue weighted by Gasteiger charge is -2.13. The molecule has 0 fully saturated rings. The molecule has 0 radical (unpaired) electrons. The SMILES string of the molecule is O=c1cc(O)c2cc(Cc3ccccc3C(F)(F)F)ccc2[nH]1. The molecule has 2 aromatic carbocycles. The highest BCUT2D eigenvalue weighted by Crippen LogP contribution is 2.33. The molecule has 118 valence electrons. The fraction of sp³-hybridized carbons (Fsp3) is 0.118. The van der Waals surface area contributed by atoms with Gasteiger partial charge in [0.15, 0.2) is 0 Å². The predicted molar refractivity (Wildman–Crippen MR) is 80.5 cm³/mol. The summed E-state index contributed by atoms with van der Waals surface area (Å²) >= 11 is 0. The van der Waals surface area contributed by atoms with Crippen LogP contribution in [0.2, 0.25) is 0 Å². The Morgan fingerprint density at radius 2 is 1.78 bits per heavy atom. The van der Waals surface area contributed by atoms with Gasteiger partial charge < -0.3 is 10.1 Å². The fourth-order valence-corrected chi connectivity index (χ4v) is 2.56. The van der Waals surface area contributed by atoms with Crippen molar-refractivity contribution >= 4 is 10.9 Å². The second-order valence-corrected chi connectivity index (χ2v) is 5.23. The van der Waals surface area contributed by atoms with Crippen LogP contribution in [0, 0.1) is 0 Å². The molecule has 1 heterocycles. The number of aromatic hydroxyl groups is 1. The minimum atomic E-state index is -4.42. The Balaban J connectivity index is 2.05. The average molecular weight is 319 g/mol. The molecule has 0 amide bonds. The van der Waals surface area contributed by atoms with Crippen molar-refractivity contribution in [1.29, 1.82) is 0 Å². The first-order valence-electron chi connectivity index (χ1n) is 6.84. The second kappa shape index (κ2) is 5.46. The molecular weight excluding hydrogens is 307 g/mol. The van der Waals surface area contributed by atoms with Gasteiger partial charge in [0.05, 0.1) is 11.1 Å². The highest BCUT2D eigenvalue weighted by molar-refractivity contribution is 5.85. The van der Waals surface area contributed by atoms with Crippen LogP contribution in [0.25, 0.3) is 10.9 Å². The zero-order valence-electron chi connectivity index (χ0n) is 11.8. The van der Waals surface area contributed by atoms with Gasteiger partial charge in [-0.2, -0.15) is 13.2 Å². The molecule has 0 atom stereocenters. The van der Waals surface area contributed by atoms with Gasteiger partial charge in [0.2, 0.25) is 0 Å². The summed E-state index contributed by atoms with van der Waals surface area (Å²) in [5.41, 5.74) is 0.0821. The van der Waals surface area contributed by atoms with Gasteiger partial charge in [-0.1, -0.05) is 24.3 Å². The molecule has 3 nitrogen and oxygen atoms in total. The Morgan fingerprint density at radius 3 is 2.52 bits per heavy atom. The number of alkyl halides is 3. The summed E-state index contributed by atoms with van der Waals surface area (Å²) in [6.45, 7) is 0. The number of aromatic nitrogens is 1. The number of aromatic amines is 1. The first-order valence-corrected chi connectivity index (χ1v) is 6.84. The Hall–Kier alpha value is -2.76. The lowest BCUT2D eigenvalue weighted by Crippen LogP contribution is -2.09. The maximum Gasteiger partial charge on any atom is 0.416 e. The highest BCUT2D eigenvalue weighted by atomic mass is 19.4. The summed E-state index contributed by atoms with van der Waals surface area (Å²) in [4.78, 5) is 13.9. The normalized spacial score (nSPS) is 11.8. The third kappa shape index (κ3) is 3.06. The molecule has 0 saturated carbocycles. The minimum Gasteiger partial charge on any atom is -0.507 e. The Bertz CT molecular complexity index is 929. The number of halogens is 3. The van der Waals surface area contributed by atoms with E-state index in [0.29, 0.717) is 16.5 Å². The quantitative estimate of drug-likeness (QED) is 0.754. The summed E-state index contributed by atoms with van der Waals surface area (Å²) in [5, 5.41) is 10.2. The van der Waals surface area contributed by atoms with Crippen molar-refractivity contribution in [3.63, 3.8) is 0 Å². The number of nitrogens with one attached hydrogen (secondary N) is 1. The predicted octanol–water partition coefficient (Wildman–Crippen LogP) is 3.84. The van der Waals surface area contributed by atoms with Crippen LogP contribution in [0.1, 0.15) is 16.7 Å². The third-order valence-corrected chi connectivity index (χ3v) is 3.60. The van der Waals surface area contributed by atoms with E-state index in [0.717, 1.165) is 12.1 Å². The molecule has 3 aromatic rings. The van der Waals surface area contributed by atoms with Crippen LogP contribution >= 0.6 is 0 Å². The number of benzene rings is 2. The van der Waals surface area contributed by atoms with Gasteiger partial charge in [-0.3, -0.25) is 4.79 Å². The number of fused-ring (bicyclic) bond motifs is 1. The van der Waals surface area contributed by atoms with Crippen LogP contribution in [-0.4, -0.2) is 10.1 Å². The van der Waals surface area contributed by atoms with Crippen LogP contribution in [0.4, 0.5) is 13.2 Å². The molecule has 6 heteroatoms. The second-order valence-electron chi connectivity index (χ2n) is 5.23. The molecule has 2 N–H and O–H groups in total. The summed E-state index contributed by atoms with van der Waals surface area (Å²) in [5.74, 6) is -0.199. The molecule has 0 spiro atoms. The van der Waals surface area contributed by atoms with Crippen LogP contribution in [0.15, 0.2) is 53.3 Å². The van der Waals surface area contributed by atoms with Crippen molar-refractivity contribution in [3.05, 3.63) is 75.6 Å². The summed E-state index contributed by atoms with van der Waals surface area (Å²) in [6.07, 6.45) is -4.34. The molecule has 0 saturated heterocycles. The van der Waals surface area contributed by atoms with Crippen molar-refractivity contribution in [2.45, 2.75) is 12.6 Å². The maximum absolute atomic E-state index is 13.0. The van der Waals surface area contributed by atoms with Gasteiger partial charge in [0.1, 0.15) is 5.75 Å². The number of hydrogen-bond donors (Lipinski definition) is 2. The van der Waals surface area contributed by atoms with Crippen molar-refractivity contribution in [1.82, 2.24) is 4.98 Å². The van der Waals surface area contributed by atoms with Crippen LogP contribution < -0.4 is 5.56 Å². The van der Waals surface area contributed by atoms with E-state index in [-0.39, 0.29) is 17.7 Å². The minimum absolute atomic E-state index is 0.0736. The van der Waals surface area contributed by atoms with Gasteiger partial charge in [0, 0.05) is 11.5 Å². The van der Waals surface area contributed by atoms with E-state index in [1.807, 2.05) is 0 Å². The largest absolute Gasteiger partial charge is 0.507 e. The molecule has 0 unspecified atom stereocenters. The molecule has 3 rings (SSSR count). The Morgan fingerprint density at radius 1 is 1.04 bits per heavy atom. The van der Waals surface area contributed by atoms with Crippen molar-refractivity contribution in [2.24, 2.45) is 0 Å². The van der Waals surface area contributed by atoms with E-state index in [1.165, 1.54) is 12.1 Å². The Labute approximate surface area is 129 Å². The average Bonchev–Trinajstić information content (AvgIpc) is 2.47. The van der Waals surface area contributed by atoms with E-state index >= 15 is 0 Å². The summed E-state index contributed by atoms with van der Waals surface area (Å²) in [6, 6.07) is 11.2. The first kappa shape index (κ1) is 15.1. The molecular formula is C17H12F3NO2. The molecule has 0 aliphatic carbocycles. The third-order valence-electron chi connectivity index (χ3n) is 3.60. The zero-order chi connectivity index (χ0) is 16.6. The number of hydrogen-bond acceptors (Lipinski definition) is 2. The molecule has 0 aliphatic rings. The number of H-pyrrole nitrogens is 1. The van der Waals surface area contributed by atoms with Crippen LogP contribution in [-0.2, 0) is 12.6 Å². The monoisotopic (exact) mass is 319 g/mol. The lowest BCUT2D eigenvalue weighted by atomic mass is 9.98. The topological polar surface area (TPSA) is 53.1 Å². The van der Waals surface area contributed by atoms with E-state index in [4.69, 9.17) is 0 Å². The molecule has 0 bridgehead atoms. The van der Waals surface area contributed by atoms with Gasteiger partial charge in [0.25, 0.3) is 5.56 Å². The van der Waals surface area contributed by atoms with Crippen molar-refractivity contribution < 1.29 is 18.3 Å². The van der Waals surface area contributed by atoms with Crippen LogP contribution in [0.5, 0.6) is 5.75 Å². The Kier molecular flexibility index (Phi) is 3.60. The van der Waals surface area contributed by atoms with E-state index in [2.05, 4.69) is 4.98 Å². The summed E-state index contributed by atoms with van der Waals surface area (Å²) < 4.78 is 39.1. The van der Waals surface area contributed by atoms with E-state index < -0.39 is 17.3 Å². The maximum atomic E-state index is 13.0. The lowest BCUT2D eigenvalue weighted by molar-refractivity contribution is -0.138. The van der Waals surface area contributed by atoms with Crippen LogP contribution in [0.3, 0.4) is 0 Å². The zero-order valence-corrected chi connectivity index (χ0v) is 11.8. The molecule has 23 heavy (non-hydrogen) atoms. The summed E-state index contributed by atoms with van der Waals surface area (Å²) in [7, 11) is 0. The van der Waals surface area contributed by atoms with E-state index in [1.54, 1.807) is 24.3 Å². The van der Waals surface area contributed by atoms with Crippen molar-refractivity contribution in [3.8, 4) is 5.75 Å². The molecule has 1 aromatic heterocycles. The van der Waals surface area contributed by atoms with Gasteiger partial charge >= 0.3 is 6.18 Å². The van der Waals surface area contributed by atoms with Gasteiger partial charge in [-0.05, 0) is 35.7 Å². The number of pyridine rings is 1. The standard InChI is InChI=1S/C17H12F3NO2/c18-17(19,20)13-4-2-1-3-11(13)7-10-5-6-14-12(8-10)15(22)9-16(23)21-14/h1-6,8-9H,7H2,(H2,21,22,23). The first-order chi connectivity index (χ1) is 10.8. The fourth-order valence-electron chi connectivity index (χ4n) is 2.56.